The zero-order chi connectivity index (χ0) is 19.7. The van der Waals surface area contributed by atoms with Crippen molar-refractivity contribution in [2.45, 2.75) is 25.9 Å². The number of nitrogens with one attached hydrogen (secondary N) is 2. The van der Waals surface area contributed by atoms with E-state index in [2.05, 4.69) is 62.1 Å². The number of aromatic nitrogens is 4. The van der Waals surface area contributed by atoms with Gasteiger partial charge in [0.05, 0.1) is 30.2 Å². The van der Waals surface area contributed by atoms with Gasteiger partial charge in [0, 0.05) is 11.1 Å². The summed E-state index contributed by atoms with van der Waals surface area (Å²) in [7, 11) is 0. The van der Waals surface area contributed by atoms with Gasteiger partial charge in [-0.1, -0.05) is 24.1 Å². The third-order valence-corrected chi connectivity index (χ3v) is 4.55. The highest BCUT2D eigenvalue weighted by Crippen LogP contribution is 2.24. The van der Waals surface area contributed by atoms with Gasteiger partial charge < -0.3 is 21.4 Å². The lowest BCUT2D eigenvalue weighted by Gasteiger charge is -2.03. The van der Waals surface area contributed by atoms with Gasteiger partial charge in [0.1, 0.15) is 17.3 Å². The zero-order valence-electron chi connectivity index (χ0n) is 15.8. The Bertz CT molecular complexity index is 1190. The largest absolute Gasteiger partial charge is 0.341 e. The summed E-state index contributed by atoms with van der Waals surface area (Å²) in [5, 5.41) is 2.27. The smallest absolute Gasteiger partial charge is 0.123 e. The maximum Gasteiger partial charge on any atom is 0.123 e. The van der Waals surface area contributed by atoms with Gasteiger partial charge in [-0.05, 0) is 48.7 Å². The van der Waals surface area contributed by atoms with Crippen molar-refractivity contribution in [1.29, 1.82) is 0 Å². The summed E-state index contributed by atoms with van der Waals surface area (Å²) in [6.07, 6.45) is 3.53. The van der Waals surface area contributed by atoms with Gasteiger partial charge in [-0.15, -0.1) is 0 Å². The molecule has 2 aromatic heterocycles. The number of rotatable bonds is 3. The van der Waals surface area contributed by atoms with E-state index in [0.717, 1.165) is 44.9 Å². The molecule has 2 unspecified atom stereocenters. The molecule has 0 amide bonds. The van der Waals surface area contributed by atoms with Crippen LogP contribution in [0, 0.1) is 11.8 Å². The normalized spacial score (nSPS) is 13.1. The predicted molar refractivity (Wildman–Crippen MR) is 111 cm³/mol. The molecule has 0 aliphatic carbocycles. The molecule has 28 heavy (non-hydrogen) atoms. The van der Waals surface area contributed by atoms with Crippen LogP contribution in [-0.2, 0) is 0 Å². The Labute approximate surface area is 163 Å². The van der Waals surface area contributed by atoms with Crippen molar-refractivity contribution in [2.24, 2.45) is 11.5 Å². The summed E-state index contributed by atoms with van der Waals surface area (Å²) in [6, 6.07) is 12.2. The van der Waals surface area contributed by atoms with E-state index in [9.17, 15) is 0 Å². The summed E-state index contributed by atoms with van der Waals surface area (Å²) in [6.45, 7) is 3.79. The fourth-order valence-corrected chi connectivity index (χ4v) is 2.98. The molecule has 0 saturated carbocycles. The van der Waals surface area contributed by atoms with Crippen LogP contribution < -0.4 is 11.5 Å². The van der Waals surface area contributed by atoms with Crippen LogP contribution in [0.15, 0.2) is 48.8 Å². The molecule has 2 heterocycles. The van der Waals surface area contributed by atoms with Gasteiger partial charge in [0.2, 0.25) is 0 Å². The summed E-state index contributed by atoms with van der Waals surface area (Å²) in [4.78, 5) is 15.0. The average molecular weight is 370 g/mol. The highest BCUT2D eigenvalue weighted by Gasteiger charge is 2.07. The molecule has 2 atom stereocenters. The van der Waals surface area contributed by atoms with Crippen molar-refractivity contribution in [2.75, 3.05) is 0 Å². The molecule has 0 fully saturated rings. The molecule has 6 nitrogen and oxygen atoms in total. The minimum absolute atomic E-state index is 0.116. The Morgan fingerprint density at radius 1 is 0.821 bits per heavy atom. The molecule has 140 valence electrons. The average Bonchev–Trinajstić information content (AvgIpc) is 3.35. The number of nitrogens with two attached hydrogens (primary N) is 2. The number of aromatic amines is 2. The summed E-state index contributed by atoms with van der Waals surface area (Å²) < 4.78 is 0. The SMILES string of the molecule is CC(N)c1ncc(C#Cc2ccc3cc(-c4cnc(C(C)N)[nH]4)ccc3c2)[nH]1. The molecule has 2 aromatic carbocycles. The first-order valence-corrected chi connectivity index (χ1v) is 9.17. The van der Waals surface area contributed by atoms with Gasteiger partial charge in [-0.25, -0.2) is 9.97 Å². The highest BCUT2D eigenvalue weighted by atomic mass is 15.0. The number of H-pyrrole nitrogens is 2. The predicted octanol–water partition coefficient (Wildman–Crippen LogP) is 3.39. The van der Waals surface area contributed by atoms with E-state index in [4.69, 9.17) is 11.5 Å². The molecule has 0 bridgehead atoms. The van der Waals surface area contributed by atoms with Crippen molar-refractivity contribution < 1.29 is 0 Å². The number of benzene rings is 2. The molecule has 0 aliphatic rings. The lowest BCUT2D eigenvalue weighted by Crippen LogP contribution is -2.06. The van der Waals surface area contributed by atoms with Crippen molar-refractivity contribution in [1.82, 2.24) is 19.9 Å². The zero-order valence-corrected chi connectivity index (χ0v) is 15.8. The van der Waals surface area contributed by atoms with Gasteiger partial charge in [-0.2, -0.15) is 0 Å². The lowest BCUT2D eigenvalue weighted by molar-refractivity contribution is 0.755. The van der Waals surface area contributed by atoms with Crippen LogP contribution in [0.5, 0.6) is 0 Å². The number of imidazole rings is 2. The first-order valence-electron chi connectivity index (χ1n) is 9.17. The van der Waals surface area contributed by atoms with Gasteiger partial charge in [-0.3, -0.25) is 0 Å². The second-order valence-electron chi connectivity index (χ2n) is 6.97. The third kappa shape index (κ3) is 3.67. The van der Waals surface area contributed by atoms with Crippen LogP contribution in [0.2, 0.25) is 0 Å². The third-order valence-electron chi connectivity index (χ3n) is 4.55. The van der Waals surface area contributed by atoms with E-state index in [1.165, 1.54) is 0 Å². The molecule has 0 aliphatic heterocycles. The maximum atomic E-state index is 5.88. The number of hydrogen-bond acceptors (Lipinski definition) is 4. The minimum atomic E-state index is -0.135. The van der Waals surface area contributed by atoms with Crippen molar-refractivity contribution >= 4 is 10.8 Å². The Morgan fingerprint density at radius 3 is 2.21 bits per heavy atom. The van der Waals surface area contributed by atoms with Crippen LogP contribution in [0.3, 0.4) is 0 Å². The summed E-state index contributed by atoms with van der Waals surface area (Å²) >= 11 is 0. The first-order chi connectivity index (χ1) is 13.5. The minimum Gasteiger partial charge on any atom is -0.341 e. The van der Waals surface area contributed by atoms with E-state index in [1.807, 2.05) is 26.1 Å². The molecule has 0 radical (unpaired) electrons. The second kappa shape index (κ2) is 7.31. The fourth-order valence-electron chi connectivity index (χ4n) is 2.98. The summed E-state index contributed by atoms with van der Waals surface area (Å²) in [5.74, 6) is 7.80. The van der Waals surface area contributed by atoms with E-state index in [-0.39, 0.29) is 12.1 Å². The summed E-state index contributed by atoms with van der Waals surface area (Å²) in [5.41, 5.74) is 15.4. The first kappa shape index (κ1) is 18.0. The fraction of sp³-hybridized carbons (Fsp3) is 0.182. The Balaban J connectivity index is 1.60. The Kier molecular flexibility index (Phi) is 4.70. The van der Waals surface area contributed by atoms with Gasteiger partial charge in [0.25, 0.3) is 0 Å². The standard InChI is InChI=1S/C22H22N6/c1-13(23)21-25-11-19(27-21)8-4-15-3-5-17-10-18(7-6-16(17)9-15)20-12-26-22(28-20)14(2)24/h3,5-7,9-14H,23-24H2,1-2H3,(H,25,27)(H,26,28). The number of fused-ring (bicyclic) bond motifs is 1. The molecular formula is C22H22N6. The number of nitrogens with zero attached hydrogens (tertiary/aromatic N) is 2. The van der Waals surface area contributed by atoms with Crippen molar-refractivity contribution in [3.63, 3.8) is 0 Å². The van der Waals surface area contributed by atoms with E-state index in [0.29, 0.717) is 0 Å². The molecular weight excluding hydrogens is 348 g/mol. The number of hydrogen-bond donors (Lipinski definition) is 4. The molecule has 6 N–H and O–H groups in total. The van der Waals surface area contributed by atoms with Crippen molar-refractivity contribution in [3.05, 3.63) is 71.7 Å². The van der Waals surface area contributed by atoms with Crippen LogP contribution in [-0.4, -0.2) is 19.9 Å². The van der Waals surface area contributed by atoms with Crippen molar-refractivity contribution in [3.8, 4) is 23.1 Å². The monoisotopic (exact) mass is 370 g/mol. The molecule has 4 rings (SSSR count). The second-order valence-corrected chi connectivity index (χ2v) is 6.97. The topological polar surface area (TPSA) is 109 Å². The molecule has 0 spiro atoms. The molecule has 0 saturated heterocycles. The van der Waals surface area contributed by atoms with Crippen LogP contribution in [0.1, 0.15) is 48.8 Å². The van der Waals surface area contributed by atoms with E-state index >= 15 is 0 Å². The van der Waals surface area contributed by atoms with Crippen LogP contribution in [0.25, 0.3) is 22.0 Å². The van der Waals surface area contributed by atoms with E-state index < -0.39 is 0 Å². The quantitative estimate of drug-likeness (QED) is 0.414. The molecule has 6 heteroatoms. The molecule has 4 aromatic rings. The van der Waals surface area contributed by atoms with Crippen LogP contribution >= 0.6 is 0 Å². The van der Waals surface area contributed by atoms with Crippen LogP contribution in [0.4, 0.5) is 0 Å². The Hall–Kier alpha value is -3.40. The van der Waals surface area contributed by atoms with Gasteiger partial charge >= 0.3 is 0 Å². The lowest BCUT2D eigenvalue weighted by atomic mass is 10.0. The highest BCUT2D eigenvalue weighted by molar-refractivity contribution is 5.88. The van der Waals surface area contributed by atoms with Gasteiger partial charge in [0.15, 0.2) is 0 Å². The Morgan fingerprint density at radius 2 is 1.50 bits per heavy atom. The van der Waals surface area contributed by atoms with E-state index in [1.54, 1.807) is 6.20 Å². The maximum absolute atomic E-state index is 5.88.